The normalized spacial score (nSPS) is 10.8. The maximum atomic E-state index is 12.4. The molecule has 3 heteroatoms. The average Bonchev–Trinajstić information content (AvgIpc) is 2.51. The summed E-state index contributed by atoms with van der Waals surface area (Å²) in [4.78, 5) is 14.6. The van der Waals surface area contributed by atoms with Gasteiger partial charge in [-0.1, -0.05) is 55.0 Å². The summed E-state index contributed by atoms with van der Waals surface area (Å²) >= 11 is 0. The number of benzene rings is 2. The van der Waals surface area contributed by atoms with Crippen LogP contribution in [0.5, 0.6) is 0 Å². The lowest BCUT2D eigenvalue weighted by Crippen LogP contribution is -2.33. The smallest absolute Gasteiger partial charge is 0.238 e. The van der Waals surface area contributed by atoms with E-state index in [9.17, 15) is 4.79 Å². The van der Waals surface area contributed by atoms with Crippen molar-refractivity contribution in [1.29, 1.82) is 0 Å². The Kier molecular flexibility index (Phi) is 5.94. The molecule has 0 aliphatic rings. The molecule has 0 spiro atoms. The summed E-state index contributed by atoms with van der Waals surface area (Å²) < 4.78 is 0. The zero-order valence-corrected chi connectivity index (χ0v) is 14.5. The molecule has 0 heterocycles. The molecule has 3 nitrogen and oxygen atoms in total. The predicted molar refractivity (Wildman–Crippen MR) is 96.7 cm³/mol. The fraction of sp³-hybridized carbons (Fsp3) is 0.350. The van der Waals surface area contributed by atoms with Gasteiger partial charge in [-0.15, -0.1) is 0 Å². The fourth-order valence-electron chi connectivity index (χ4n) is 2.88. The van der Waals surface area contributed by atoms with Crippen LogP contribution in [0.2, 0.25) is 0 Å². The van der Waals surface area contributed by atoms with Crippen molar-refractivity contribution in [1.82, 2.24) is 4.90 Å². The quantitative estimate of drug-likeness (QED) is 0.872. The van der Waals surface area contributed by atoms with Gasteiger partial charge in [0.25, 0.3) is 0 Å². The molecule has 0 saturated carbocycles. The summed E-state index contributed by atoms with van der Waals surface area (Å²) in [5.74, 6) is 0.0397. The number of nitrogens with zero attached hydrogens (tertiary/aromatic N) is 1. The van der Waals surface area contributed by atoms with E-state index < -0.39 is 0 Å². The van der Waals surface area contributed by atoms with Gasteiger partial charge in [0.1, 0.15) is 0 Å². The molecule has 122 valence electrons. The number of amides is 1. The molecule has 0 fully saturated rings. The van der Waals surface area contributed by atoms with Gasteiger partial charge in [0, 0.05) is 12.2 Å². The Labute approximate surface area is 139 Å². The first kappa shape index (κ1) is 17.2. The minimum Gasteiger partial charge on any atom is -0.324 e. The minimum atomic E-state index is 0.0397. The van der Waals surface area contributed by atoms with Gasteiger partial charge in [-0.05, 0) is 44.0 Å². The monoisotopic (exact) mass is 310 g/mol. The maximum Gasteiger partial charge on any atom is 0.238 e. The van der Waals surface area contributed by atoms with Crippen molar-refractivity contribution in [2.75, 3.05) is 18.4 Å². The van der Waals surface area contributed by atoms with Gasteiger partial charge in [0.05, 0.1) is 6.54 Å². The molecular formula is C20H26N2O. The van der Waals surface area contributed by atoms with Gasteiger partial charge < -0.3 is 5.32 Å². The van der Waals surface area contributed by atoms with Gasteiger partial charge in [0.15, 0.2) is 0 Å². The summed E-state index contributed by atoms with van der Waals surface area (Å²) in [6.45, 7) is 10.3. The van der Waals surface area contributed by atoms with Crippen molar-refractivity contribution >= 4 is 11.6 Å². The van der Waals surface area contributed by atoms with Crippen molar-refractivity contribution in [3.05, 3.63) is 64.7 Å². The predicted octanol–water partition coefficient (Wildman–Crippen LogP) is 4.07. The molecule has 0 bridgehead atoms. The highest BCUT2D eigenvalue weighted by atomic mass is 16.2. The lowest BCUT2D eigenvalue weighted by Gasteiger charge is -2.21. The third kappa shape index (κ3) is 4.93. The van der Waals surface area contributed by atoms with E-state index >= 15 is 0 Å². The van der Waals surface area contributed by atoms with E-state index in [1.54, 1.807) is 0 Å². The summed E-state index contributed by atoms with van der Waals surface area (Å²) in [5, 5.41) is 3.08. The number of rotatable bonds is 6. The van der Waals surface area contributed by atoms with E-state index in [4.69, 9.17) is 0 Å². The summed E-state index contributed by atoms with van der Waals surface area (Å²) in [5.41, 5.74) is 5.61. The van der Waals surface area contributed by atoms with Crippen molar-refractivity contribution in [3.63, 3.8) is 0 Å². The molecule has 0 aliphatic carbocycles. The Hall–Kier alpha value is -2.13. The van der Waals surface area contributed by atoms with Crippen molar-refractivity contribution in [2.24, 2.45) is 0 Å². The SMILES string of the molecule is CCN(CC(=O)Nc1c(C)cc(C)cc1C)Cc1ccccc1. The Balaban J connectivity index is 2.00. The zero-order chi connectivity index (χ0) is 16.8. The van der Waals surface area contributed by atoms with Crippen molar-refractivity contribution in [2.45, 2.75) is 34.2 Å². The van der Waals surface area contributed by atoms with E-state index in [1.807, 2.05) is 32.0 Å². The third-order valence-corrected chi connectivity index (χ3v) is 4.00. The molecular weight excluding hydrogens is 284 g/mol. The van der Waals surface area contributed by atoms with E-state index in [0.29, 0.717) is 6.54 Å². The summed E-state index contributed by atoms with van der Waals surface area (Å²) in [7, 11) is 0. The largest absolute Gasteiger partial charge is 0.324 e. The fourth-order valence-corrected chi connectivity index (χ4v) is 2.88. The van der Waals surface area contributed by atoms with Crippen LogP contribution in [0.3, 0.4) is 0 Å². The highest BCUT2D eigenvalue weighted by Gasteiger charge is 2.12. The molecule has 1 amide bonds. The van der Waals surface area contributed by atoms with Gasteiger partial charge in [-0.2, -0.15) is 0 Å². The summed E-state index contributed by atoms with van der Waals surface area (Å²) in [6, 6.07) is 14.5. The van der Waals surface area contributed by atoms with Crippen molar-refractivity contribution in [3.8, 4) is 0 Å². The number of hydrogen-bond donors (Lipinski definition) is 1. The highest BCUT2D eigenvalue weighted by Crippen LogP contribution is 2.21. The number of anilines is 1. The van der Waals surface area contributed by atoms with Crippen LogP contribution < -0.4 is 5.32 Å². The van der Waals surface area contributed by atoms with Crippen LogP contribution in [0.25, 0.3) is 0 Å². The lowest BCUT2D eigenvalue weighted by molar-refractivity contribution is -0.117. The van der Waals surface area contributed by atoms with Crippen LogP contribution >= 0.6 is 0 Å². The Morgan fingerprint density at radius 3 is 2.22 bits per heavy atom. The molecule has 0 aliphatic heterocycles. The van der Waals surface area contributed by atoms with E-state index in [2.05, 4.69) is 48.3 Å². The van der Waals surface area contributed by atoms with E-state index in [1.165, 1.54) is 11.1 Å². The molecule has 2 rings (SSSR count). The maximum absolute atomic E-state index is 12.4. The number of aryl methyl sites for hydroxylation is 3. The second-order valence-corrected chi connectivity index (χ2v) is 6.11. The van der Waals surface area contributed by atoms with Gasteiger partial charge in [-0.25, -0.2) is 0 Å². The van der Waals surface area contributed by atoms with Gasteiger partial charge >= 0.3 is 0 Å². The number of likely N-dealkylation sites (N-methyl/N-ethyl adjacent to an activating group) is 1. The third-order valence-electron chi connectivity index (χ3n) is 4.00. The van der Waals surface area contributed by atoms with Gasteiger partial charge in [-0.3, -0.25) is 9.69 Å². The van der Waals surface area contributed by atoms with Crippen LogP contribution in [0, 0.1) is 20.8 Å². The highest BCUT2D eigenvalue weighted by molar-refractivity contribution is 5.93. The number of nitrogens with one attached hydrogen (secondary N) is 1. The molecule has 23 heavy (non-hydrogen) atoms. The molecule has 0 aromatic heterocycles. The zero-order valence-electron chi connectivity index (χ0n) is 14.5. The Morgan fingerprint density at radius 1 is 1.04 bits per heavy atom. The molecule has 1 N–H and O–H groups in total. The van der Waals surface area contributed by atoms with Crippen LogP contribution in [-0.2, 0) is 11.3 Å². The summed E-state index contributed by atoms with van der Waals surface area (Å²) in [6.07, 6.45) is 0. The lowest BCUT2D eigenvalue weighted by atomic mass is 10.1. The Morgan fingerprint density at radius 2 is 1.65 bits per heavy atom. The number of carbonyl (C=O) groups is 1. The molecule has 2 aromatic carbocycles. The number of hydrogen-bond acceptors (Lipinski definition) is 2. The standard InChI is InChI=1S/C20H26N2O/c1-5-22(13-18-9-7-6-8-10-18)14-19(23)21-20-16(3)11-15(2)12-17(20)4/h6-12H,5,13-14H2,1-4H3,(H,21,23). The van der Waals surface area contributed by atoms with Crippen LogP contribution in [0.15, 0.2) is 42.5 Å². The molecule has 0 atom stereocenters. The first-order chi connectivity index (χ1) is 11.0. The average molecular weight is 310 g/mol. The van der Waals surface area contributed by atoms with Crippen molar-refractivity contribution < 1.29 is 4.79 Å². The molecule has 2 aromatic rings. The van der Waals surface area contributed by atoms with E-state index in [0.717, 1.165) is 29.9 Å². The first-order valence-electron chi connectivity index (χ1n) is 8.13. The second kappa shape index (κ2) is 7.93. The number of carbonyl (C=O) groups excluding carboxylic acids is 1. The van der Waals surface area contributed by atoms with Crippen LogP contribution in [0.1, 0.15) is 29.2 Å². The van der Waals surface area contributed by atoms with Gasteiger partial charge in [0.2, 0.25) is 5.91 Å². The first-order valence-corrected chi connectivity index (χ1v) is 8.13. The minimum absolute atomic E-state index is 0.0397. The molecule has 0 saturated heterocycles. The molecule has 0 unspecified atom stereocenters. The second-order valence-electron chi connectivity index (χ2n) is 6.11. The van der Waals surface area contributed by atoms with Crippen LogP contribution in [0.4, 0.5) is 5.69 Å². The molecule has 0 radical (unpaired) electrons. The van der Waals surface area contributed by atoms with E-state index in [-0.39, 0.29) is 5.91 Å². The topological polar surface area (TPSA) is 32.3 Å². The Bertz CT molecular complexity index is 642. The van der Waals surface area contributed by atoms with Crippen LogP contribution in [-0.4, -0.2) is 23.9 Å².